The number of aliphatic hydroxyl groups is 1. The molecule has 2 heterocycles. The number of aromatic nitrogens is 2. The average molecular weight is 440 g/mol. The van der Waals surface area contributed by atoms with Gasteiger partial charge in [-0.25, -0.2) is 4.98 Å². The number of amides is 1. The van der Waals surface area contributed by atoms with Crippen molar-refractivity contribution in [1.82, 2.24) is 9.55 Å². The summed E-state index contributed by atoms with van der Waals surface area (Å²) in [5.41, 5.74) is 3.41. The van der Waals surface area contributed by atoms with Crippen LogP contribution in [0.15, 0.2) is 83.7 Å². The third-order valence-corrected chi connectivity index (χ3v) is 6.22. The zero-order chi connectivity index (χ0) is 22.8. The van der Waals surface area contributed by atoms with Crippen LogP contribution in [0.3, 0.4) is 0 Å². The fourth-order valence-corrected chi connectivity index (χ4v) is 4.61. The molecule has 0 spiro atoms. The fourth-order valence-electron chi connectivity index (χ4n) is 4.61. The Bertz CT molecular complexity index is 1360. The Kier molecular flexibility index (Phi) is 5.75. The summed E-state index contributed by atoms with van der Waals surface area (Å²) in [4.78, 5) is 33.4. The van der Waals surface area contributed by atoms with Crippen LogP contribution in [0.5, 0.6) is 0 Å². The molecule has 1 unspecified atom stereocenters. The lowest BCUT2D eigenvalue weighted by molar-refractivity contribution is -0.119. The normalized spacial score (nSPS) is 15.2. The van der Waals surface area contributed by atoms with Gasteiger partial charge in [-0.15, -0.1) is 0 Å². The molecule has 1 amide bonds. The molecular formula is C27H25N3O3. The number of para-hydroxylation sites is 2. The molecule has 166 valence electrons. The molecule has 0 saturated heterocycles. The van der Waals surface area contributed by atoms with Crippen molar-refractivity contribution < 1.29 is 9.90 Å². The van der Waals surface area contributed by atoms with Crippen molar-refractivity contribution in [3.05, 3.63) is 106 Å². The van der Waals surface area contributed by atoms with Crippen LogP contribution >= 0.6 is 0 Å². The monoisotopic (exact) mass is 439 g/mol. The number of hydrogen-bond acceptors (Lipinski definition) is 4. The minimum Gasteiger partial charge on any atom is -0.396 e. The molecule has 1 N–H and O–H groups in total. The van der Waals surface area contributed by atoms with Gasteiger partial charge in [0.2, 0.25) is 5.91 Å². The SMILES string of the molecule is O=C1C(Cc2nc3ccccc3c(=O)n2CCCO)c2ccccc2N1Cc1ccccc1. The van der Waals surface area contributed by atoms with Gasteiger partial charge >= 0.3 is 0 Å². The molecule has 0 fully saturated rings. The van der Waals surface area contributed by atoms with Crippen LogP contribution < -0.4 is 10.5 Å². The van der Waals surface area contributed by atoms with Gasteiger partial charge in [0.25, 0.3) is 5.56 Å². The average Bonchev–Trinajstić information content (AvgIpc) is 3.10. The quantitative estimate of drug-likeness (QED) is 0.477. The van der Waals surface area contributed by atoms with Crippen molar-refractivity contribution >= 4 is 22.5 Å². The number of carbonyl (C=O) groups excluding carboxylic acids is 1. The van der Waals surface area contributed by atoms with Gasteiger partial charge in [-0.05, 0) is 35.7 Å². The number of carbonyl (C=O) groups is 1. The molecule has 0 radical (unpaired) electrons. The first-order valence-electron chi connectivity index (χ1n) is 11.2. The molecule has 0 bridgehead atoms. The molecule has 3 aromatic carbocycles. The van der Waals surface area contributed by atoms with E-state index in [1.807, 2.05) is 77.7 Å². The summed E-state index contributed by atoms with van der Waals surface area (Å²) in [6, 6.07) is 25.0. The molecular weight excluding hydrogens is 414 g/mol. The minimum atomic E-state index is -0.418. The van der Waals surface area contributed by atoms with E-state index in [4.69, 9.17) is 4.98 Å². The second kappa shape index (κ2) is 9.00. The van der Waals surface area contributed by atoms with Crippen molar-refractivity contribution in [2.75, 3.05) is 11.5 Å². The maximum Gasteiger partial charge on any atom is 0.261 e. The van der Waals surface area contributed by atoms with E-state index < -0.39 is 5.92 Å². The number of anilines is 1. The number of nitrogens with zero attached hydrogens (tertiary/aromatic N) is 3. The highest BCUT2D eigenvalue weighted by Crippen LogP contribution is 2.39. The van der Waals surface area contributed by atoms with Crippen LogP contribution in [0, 0.1) is 0 Å². The Morgan fingerprint density at radius 1 is 0.879 bits per heavy atom. The van der Waals surface area contributed by atoms with Gasteiger partial charge < -0.3 is 10.0 Å². The lowest BCUT2D eigenvalue weighted by Gasteiger charge is -2.19. The van der Waals surface area contributed by atoms with Crippen molar-refractivity contribution in [2.24, 2.45) is 0 Å². The fraction of sp³-hybridized carbons (Fsp3) is 0.222. The highest BCUT2D eigenvalue weighted by atomic mass is 16.3. The lowest BCUT2D eigenvalue weighted by Crippen LogP contribution is -2.31. The Labute approximate surface area is 191 Å². The second-order valence-electron chi connectivity index (χ2n) is 8.30. The molecule has 0 saturated carbocycles. The zero-order valence-corrected chi connectivity index (χ0v) is 18.2. The zero-order valence-electron chi connectivity index (χ0n) is 18.2. The highest BCUT2D eigenvalue weighted by Gasteiger charge is 2.37. The van der Waals surface area contributed by atoms with Crippen LogP contribution in [0.4, 0.5) is 5.69 Å². The number of aliphatic hydroxyl groups excluding tert-OH is 1. The van der Waals surface area contributed by atoms with Crippen molar-refractivity contribution in [3.8, 4) is 0 Å². The lowest BCUT2D eigenvalue weighted by atomic mass is 9.96. The first-order chi connectivity index (χ1) is 16.2. The maximum absolute atomic E-state index is 13.6. The van der Waals surface area contributed by atoms with Crippen molar-refractivity contribution in [1.29, 1.82) is 0 Å². The van der Waals surface area contributed by atoms with Gasteiger partial charge in [-0.2, -0.15) is 0 Å². The Balaban J connectivity index is 1.55. The topological polar surface area (TPSA) is 75.4 Å². The van der Waals surface area contributed by atoms with E-state index in [0.717, 1.165) is 16.8 Å². The van der Waals surface area contributed by atoms with E-state index in [-0.39, 0.29) is 18.1 Å². The number of benzene rings is 3. The second-order valence-corrected chi connectivity index (χ2v) is 8.30. The molecule has 5 rings (SSSR count). The molecule has 4 aromatic rings. The predicted molar refractivity (Wildman–Crippen MR) is 128 cm³/mol. The van der Waals surface area contributed by atoms with Crippen LogP contribution in [0.2, 0.25) is 0 Å². The van der Waals surface area contributed by atoms with Crippen LogP contribution in [0.1, 0.15) is 29.3 Å². The summed E-state index contributed by atoms with van der Waals surface area (Å²) in [6.45, 7) is 0.837. The van der Waals surface area contributed by atoms with Crippen LogP contribution in [-0.2, 0) is 24.3 Å². The number of fused-ring (bicyclic) bond motifs is 2. The Morgan fingerprint density at radius 3 is 2.42 bits per heavy atom. The van der Waals surface area contributed by atoms with E-state index in [1.54, 1.807) is 10.6 Å². The van der Waals surface area contributed by atoms with E-state index in [0.29, 0.717) is 42.7 Å². The first kappa shape index (κ1) is 21.1. The molecule has 1 atom stereocenters. The summed E-state index contributed by atoms with van der Waals surface area (Å²) in [7, 11) is 0. The molecule has 6 nitrogen and oxygen atoms in total. The summed E-state index contributed by atoms with van der Waals surface area (Å²) in [6.07, 6.45) is 0.773. The number of rotatable bonds is 7. The van der Waals surface area contributed by atoms with Crippen molar-refractivity contribution in [3.63, 3.8) is 0 Å². The van der Waals surface area contributed by atoms with Gasteiger partial charge in [0.15, 0.2) is 0 Å². The van der Waals surface area contributed by atoms with Gasteiger partial charge in [0.1, 0.15) is 5.82 Å². The molecule has 1 aliphatic heterocycles. The van der Waals surface area contributed by atoms with Gasteiger partial charge in [-0.3, -0.25) is 14.2 Å². The third-order valence-electron chi connectivity index (χ3n) is 6.22. The van der Waals surface area contributed by atoms with Crippen LogP contribution in [-0.4, -0.2) is 27.2 Å². The summed E-state index contributed by atoms with van der Waals surface area (Å²) >= 11 is 0. The Morgan fingerprint density at radius 2 is 1.61 bits per heavy atom. The summed E-state index contributed by atoms with van der Waals surface area (Å²) in [5.74, 6) is 0.163. The highest BCUT2D eigenvalue weighted by molar-refractivity contribution is 6.05. The molecule has 1 aliphatic rings. The Hall–Kier alpha value is -3.77. The van der Waals surface area contributed by atoms with E-state index >= 15 is 0 Å². The first-order valence-corrected chi connectivity index (χ1v) is 11.2. The van der Waals surface area contributed by atoms with E-state index in [2.05, 4.69) is 0 Å². The van der Waals surface area contributed by atoms with E-state index in [9.17, 15) is 14.7 Å². The van der Waals surface area contributed by atoms with Crippen molar-refractivity contribution in [2.45, 2.75) is 31.8 Å². The minimum absolute atomic E-state index is 0.0103. The van der Waals surface area contributed by atoms with Gasteiger partial charge in [0, 0.05) is 25.3 Å². The van der Waals surface area contributed by atoms with Gasteiger partial charge in [0.05, 0.1) is 23.4 Å². The molecule has 6 heteroatoms. The number of hydrogen-bond donors (Lipinski definition) is 1. The smallest absolute Gasteiger partial charge is 0.261 e. The summed E-state index contributed by atoms with van der Waals surface area (Å²) < 4.78 is 1.62. The largest absolute Gasteiger partial charge is 0.396 e. The third kappa shape index (κ3) is 3.94. The van der Waals surface area contributed by atoms with Crippen LogP contribution in [0.25, 0.3) is 10.9 Å². The summed E-state index contributed by atoms with van der Waals surface area (Å²) in [5, 5.41) is 9.90. The van der Waals surface area contributed by atoms with E-state index in [1.165, 1.54) is 0 Å². The van der Waals surface area contributed by atoms with Gasteiger partial charge in [-0.1, -0.05) is 60.7 Å². The standard InChI is InChI=1S/C27H25N3O3/c31-16-8-15-29-25(28-23-13-6-4-12-21(23)26(29)32)17-22-20-11-5-7-14-24(20)30(27(22)33)18-19-9-2-1-3-10-19/h1-7,9-14,22,31H,8,15-18H2. The molecule has 33 heavy (non-hydrogen) atoms. The predicted octanol–water partition coefficient (Wildman–Crippen LogP) is 3.65. The maximum atomic E-state index is 13.6. The molecule has 0 aliphatic carbocycles. The molecule has 1 aromatic heterocycles.